The average molecular weight is 511 g/mol. The minimum Gasteiger partial charge on any atom is -0.388 e. The molecule has 6 nitrogen and oxygen atoms in total. The number of thioether (sulfide) groups is 1. The maximum atomic E-state index is 15.0. The van der Waals surface area contributed by atoms with E-state index in [1.807, 2.05) is 0 Å². The second-order valence-corrected chi connectivity index (χ2v) is 10.0. The molecule has 4 rings (SSSR count). The second-order valence-electron chi connectivity index (χ2n) is 8.97. The van der Waals surface area contributed by atoms with Crippen molar-refractivity contribution in [3.63, 3.8) is 0 Å². The van der Waals surface area contributed by atoms with E-state index in [9.17, 15) is 23.4 Å². The molecule has 0 unspecified atom stereocenters. The molecule has 1 fully saturated rings. The first-order chi connectivity index (χ1) is 16.6. The van der Waals surface area contributed by atoms with Crippen LogP contribution in [0.25, 0.3) is 0 Å². The molecule has 1 saturated heterocycles. The Morgan fingerprint density at radius 1 is 0.971 bits per heavy atom. The monoisotopic (exact) mass is 510 g/mol. The van der Waals surface area contributed by atoms with Gasteiger partial charge in [0.1, 0.15) is 29.8 Å². The Kier molecular flexibility index (Phi) is 7.77. The fourth-order valence-corrected chi connectivity index (χ4v) is 5.53. The predicted octanol–water partition coefficient (Wildman–Crippen LogP) is 3.62. The Morgan fingerprint density at radius 2 is 1.57 bits per heavy atom. The summed E-state index contributed by atoms with van der Waals surface area (Å²) in [5, 5.41) is 22.3. The summed E-state index contributed by atoms with van der Waals surface area (Å²) < 4.78 is 56.5. The van der Waals surface area contributed by atoms with Gasteiger partial charge in [-0.25, -0.2) is 0 Å². The maximum Gasteiger partial charge on any atom is 0.420 e. The van der Waals surface area contributed by atoms with E-state index >= 15 is 0 Å². The number of aliphatic hydroxyl groups is 2. The SMILES string of the molecule is CN(C)C1=N[C@@H]2[C@@H](O)[C@H](O)[C@@H]([C@](CCc3ccccc3)(OCc3ccccc3)C(F)(F)F)O[C@@H]2S1. The van der Waals surface area contributed by atoms with Crippen molar-refractivity contribution in [2.45, 2.75) is 61.0 Å². The van der Waals surface area contributed by atoms with Crippen molar-refractivity contribution in [1.82, 2.24) is 4.90 Å². The van der Waals surface area contributed by atoms with Crippen LogP contribution >= 0.6 is 11.8 Å². The number of rotatable bonds is 7. The maximum absolute atomic E-state index is 15.0. The fourth-order valence-electron chi connectivity index (χ4n) is 4.39. The highest BCUT2D eigenvalue weighted by molar-refractivity contribution is 8.14. The second kappa shape index (κ2) is 10.5. The van der Waals surface area contributed by atoms with Crippen molar-refractivity contribution in [2.75, 3.05) is 14.1 Å². The third kappa shape index (κ3) is 5.36. The van der Waals surface area contributed by atoms with Crippen LogP contribution in [0.4, 0.5) is 13.2 Å². The fraction of sp³-hybridized carbons (Fsp3) is 0.480. The first kappa shape index (κ1) is 26.0. The minimum atomic E-state index is -4.90. The molecule has 190 valence electrons. The van der Waals surface area contributed by atoms with Gasteiger partial charge >= 0.3 is 6.18 Å². The lowest BCUT2D eigenvalue weighted by atomic mass is 9.81. The highest BCUT2D eigenvalue weighted by Gasteiger charge is 2.66. The van der Waals surface area contributed by atoms with Crippen LogP contribution in [0.2, 0.25) is 0 Å². The number of fused-ring (bicyclic) bond motifs is 1. The summed E-state index contributed by atoms with van der Waals surface area (Å²) in [5.74, 6) is 0. The topological polar surface area (TPSA) is 74.5 Å². The van der Waals surface area contributed by atoms with Crippen LogP contribution in [0.5, 0.6) is 0 Å². The van der Waals surface area contributed by atoms with E-state index in [0.717, 1.165) is 11.8 Å². The zero-order valence-electron chi connectivity index (χ0n) is 19.4. The Bertz CT molecular complexity index is 963. The molecule has 35 heavy (non-hydrogen) atoms. The van der Waals surface area contributed by atoms with E-state index in [1.165, 1.54) is 0 Å². The molecule has 2 aliphatic heterocycles. The Labute approximate surface area is 206 Å². The Balaban J connectivity index is 1.69. The lowest BCUT2D eigenvalue weighted by Crippen LogP contribution is -2.68. The van der Waals surface area contributed by atoms with E-state index in [0.29, 0.717) is 16.3 Å². The number of alkyl halides is 3. The number of nitrogens with zero attached hydrogens (tertiary/aromatic N) is 2. The summed E-state index contributed by atoms with van der Waals surface area (Å²) in [6.07, 6.45) is -10.6. The highest BCUT2D eigenvalue weighted by Crippen LogP contribution is 2.48. The molecule has 2 N–H and O–H groups in total. The van der Waals surface area contributed by atoms with Gasteiger partial charge in [0.25, 0.3) is 0 Å². The Morgan fingerprint density at radius 3 is 2.14 bits per heavy atom. The van der Waals surface area contributed by atoms with Gasteiger partial charge in [0, 0.05) is 14.1 Å². The molecule has 0 aromatic heterocycles. The highest BCUT2D eigenvalue weighted by atomic mass is 32.2. The van der Waals surface area contributed by atoms with Crippen LogP contribution in [-0.4, -0.2) is 75.9 Å². The molecule has 0 saturated carbocycles. The standard InChI is InChI=1S/C25H29F3N2O4S/c1-30(2)23-29-18-19(31)20(32)21(34-22(18)35-23)24(25(26,27)28,14-13-16-9-5-3-6-10-16)33-15-17-11-7-4-8-12-17/h3-12,18-22,31-32H,13-15H2,1-2H3/t18-,19-,20+,21+,22-,24+/m1/s1. The van der Waals surface area contributed by atoms with Gasteiger partial charge in [-0.05, 0) is 24.0 Å². The van der Waals surface area contributed by atoms with Crippen LogP contribution in [0.1, 0.15) is 17.5 Å². The quantitative estimate of drug-likeness (QED) is 0.593. The number of amidine groups is 1. The zero-order chi connectivity index (χ0) is 25.2. The number of benzene rings is 2. The van der Waals surface area contributed by atoms with Crippen molar-refractivity contribution >= 4 is 16.9 Å². The van der Waals surface area contributed by atoms with Crippen LogP contribution < -0.4 is 0 Å². The molecule has 2 aromatic carbocycles. The van der Waals surface area contributed by atoms with Crippen LogP contribution in [0, 0.1) is 0 Å². The zero-order valence-corrected chi connectivity index (χ0v) is 20.2. The molecule has 6 atom stereocenters. The Hall–Kier alpha value is -2.11. The minimum absolute atomic E-state index is 0.0402. The van der Waals surface area contributed by atoms with E-state index in [-0.39, 0.29) is 13.0 Å². The number of halogens is 3. The van der Waals surface area contributed by atoms with Gasteiger partial charge in [-0.1, -0.05) is 72.4 Å². The molecule has 0 radical (unpaired) electrons. The van der Waals surface area contributed by atoms with Gasteiger partial charge in [0.2, 0.25) is 0 Å². The number of hydrogen-bond acceptors (Lipinski definition) is 7. The summed E-state index contributed by atoms with van der Waals surface area (Å²) >= 11 is 1.13. The summed E-state index contributed by atoms with van der Waals surface area (Å²) in [5.41, 5.74) is -2.50. The summed E-state index contributed by atoms with van der Waals surface area (Å²) in [6, 6.07) is 16.4. The normalized spacial score (nSPS) is 28.2. The van der Waals surface area contributed by atoms with Crippen molar-refractivity contribution < 1.29 is 32.9 Å². The van der Waals surface area contributed by atoms with E-state index in [1.54, 1.807) is 79.7 Å². The average Bonchev–Trinajstić information content (AvgIpc) is 3.27. The van der Waals surface area contributed by atoms with Crippen LogP contribution in [0.15, 0.2) is 65.7 Å². The van der Waals surface area contributed by atoms with Gasteiger partial charge in [-0.3, -0.25) is 4.99 Å². The summed E-state index contributed by atoms with van der Waals surface area (Å²) in [6.45, 7) is -0.335. The lowest BCUT2D eigenvalue weighted by Gasteiger charge is -2.48. The molecule has 0 amide bonds. The number of aryl methyl sites for hydroxylation is 1. The van der Waals surface area contributed by atoms with Gasteiger partial charge in [-0.2, -0.15) is 13.2 Å². The van der Waals surface area contributed by atoms with Gasteiger partial charge < -0.3 is 24.6 Å². The summed E-state index contributed by atoms with van der Waals surface area (Å²) in [7, 11) is 3.48. The van der Waals surface area contributed by atoms with E-state index in [2.05, 4.69) is 4.99 Å². The molecular weight excluding hydrogens is 481 g/mol. The summed E-state index contributed by atoms with van der Waals surface area (Å²) in [4.78, 5) is 6.05. The molecule has 2 heterocycles. The number of aliphatic imine (C=N–C) groups is 1. The first-order valence-corrected chi connectivity index (χ1v) is 12.2. The third-order valence-electron chi connectivity index (χ3n) is 6.34. The van der Waals surface area contributed by atoms with Gasteiger partial charge in [-0.15, -0.1) is 0 Å². The van der Waals surface area contributed by atoms with Crippen LogP contribution in [-0.2, 0) is 22.5 Å². The van der Waals surface area contributed by atoms with Crippen molar-refractivity contribution in [2.24, 2.45) is 4.99 Å². The lowest BCUT2D eigenvalue weighted by molar-refractivity contribution is -0.343. The predicted molar refractivity (Wildman–Crippen MR) is 128 cm³/mol. The molecule has 2 aliphatic rings. The van der Waals surface area contributed by atoms with Crippen molar-refractivity contribution in [3.05, 3.63) is 71.8 Å². The van der Waals surface area contributed by atoms with Crippen molar-refractivity contribution in [3.8, 4) is 0 Å². The van der Waals surface area contributed by atoms with Crippen LogP contribution in [0.3, 0.4) is 0 Å². The largest absolute Gasteiger partial charge is 0.420 e. The molecule has 0 bridgehead atoms. The number of aliphatic hydroxyl groups excluding tert-OH is 2. The third-order valence-corrected chi connectivity index (χ3v) is 7.64. The van der Waals surface area contributed by atoms with E-state index < -0.39 is 48.0 Å². The molecule has 2 aromatic rings. The number of ether oxygens (including phenoxy) is 2. The molecule has 10 heteroatoms. The van der Waals surface area contributed by atoms with Gasteiger partial charge in [0.05, 0.1) is 6.61 Å². The van der Waals surface area contributed by atoms with Crippen molar-refractivity contribution in [1.29, 1.82) is 0 Å². The molecule has 0 aliphatic carbocycles. The molecule has 0 spiro atoms. The van der Waals surface area contributed by atoms with E-state index in [4.69, 9.17) is 9.47 Å². The first-order valence-electron chi connectivity index (χ1n) is 11.3. The van der Waals surface area contributed by atoms with Gasteiger partial charge in [0.15, 0.2) is 10.8 Å². The molecular formula is C25H29F3N2O4S. The number of hydrogen-bond donors (Lipinski definition) is 2. The smallest absolute Gasteiger partial charge is 0.388 e.